The van der Waals surface area contributed by atoms with Gasteiger partial charge in [0, 0.05) is 28.8 Å². The molecule has 0 atom stereocenters. The fraction of sp³-hybridized carbons (Fsp3) is 0.130. The third kappa shape index (κ3) is 4.36. The molecule has 1 amide bonds. The SMILES string of the molecule is O=C(CSc1nc2c(c(=O)n1-c1ccccc1)SCC2)Nc1ccc(-c2cccs2)cn1. The maximum Gasteiger partial charge on any atom is 0.272 e. The third-order valence-electron chi connectivity index (χ3n) is 4.85. The van der Waals surface area contributed by atoms with Crippen molar-refractivity contribution in [3.8, 4) is 16.1 Å². The summed E-state index contributed by atoms with van der Waals surface area (Å²) >= 11 is 4.44. The molecule has 160 valence electrons. The van der Waals surface area contributed by atoms with Gasteiger partial charge in [-0.2, -0.15) is 0 Å². The molecule has 1 aliphatic rings. The van der Waals surface area contributed by atoms with Crippen LogP contribution in [0.5, 0.6) is 0 Å². The van der Waals surface area contributed by atoms with Crippen LogP contribution in [0.25, 0.3) is 16.1 Å². The molecule has 0 fully saturated rings. The average molecular weight is 479 g/mol. The molecular formula is C23H18N4O2S3. The molecule has 0 aliphatic carbocycles. The second-order valence-corrected chi connectivity index (χ2v) is 9.99. The van der Waals surface area contributed by atoms with E-state index in [1.165, 1.54) is 11.8 Å². The summed E-state index contributed by atoms with van der Waals surface area (Å²) in [4.78, 5) is 36.6. The second kappa shape index (κ2) is 9.32. The highest BCUT2D eigenvalue weighted by Gasteiger charge is 2.23. The van der Waals surface area contributed by atoms with E-state index >= 15 is 0 Å². The van der Waals surface area contributed by atoms with Gasteiger partial charge in [-0.3, -0.25) is 14.2 Å². The number of benzene rings is 1. The molecule has 0 unspecified atom stereocenters. The van der Waals surface area contributed by atoms with Crippen LogP contribution in [-0.2, 0) is 11.2 Å². The highest BCUT2D eigenvalue weighted by atomic mass is 32.2. The maximum absolute atomic E-state index is 13.1. The Morgan fingerprint density at radius 2 is 2.00 bits per heavy atom. The van der Waals surface area contributed by atoms with E-state index in [0.717, 1.165) is 34.0 Å². The Bertz CT molecular complexity index is 1300. The van der Waals surface area contributed by atoms with Gasteiger partial charge in [0.1, 0.15) is 5.82 Å². The van der Waals surface area contributed by atoms with Crippen LogP contribution in [0, 0.1) is 0 Å². The molecule has 0 saturated carbocycles. The number of hydrogen-bond acceptors (Lipinski definition) is 7. The van der Waals surface area contributed by atoms with Crippen molar-refractivity contribution in [2.24, 2.45) is 0 Å². The number of amides is 1. The Labute approximate surface area is 197 Å². The van der Waals surface area contributed by atoms with Crippen molar-refractivity contribution in [1.82, 2.24) is 14.5 Å². The molecule has 3 aromatic heterocycles. The van der Waals surface area contributed by atoms with Gasteiger partial charge >= 0.3 is 0 Å². The molecular weight excluding hydrogens is 460 g/mol. The molecule has 5 rings (SSSR count). The van der Waals surface area contributed by atoms with Crippen molar-refractivity contribution in [2.75, 3.05) is 16.8 Å². The number of para-hydroxylation sites is 1. The minimum atomic E-state index is -0.199. The van der Waals surface area contributed by atoms with Gasteiger partial charge in [0.25, 0.3) is 5.56 Å². The summed E-state index contributed by atoms with van der Waals surface area (Å²) in [5.41, 5.74) is 2.51. The number of thiophene rings is 1. The smallest absolute Gasteiger partial charge is 0.272 e. The summed E-state index contributed by atoms with van der Waals surface area (Å²) < 4.78 is 1.60. The highest BCUT2D eigenvalue weighted by Crippen LogP contribution is 2.30. The summed E-state index contributed by atoms with van der Waals surface area (Å²) in [5, 5.41) is 5.37. The van der Waals surface area contributed by atoms with Gasteiger partial charge in [0.2, 0.25) is 5.91 Å². The molecule has 1 aliphatic heterocycles. The van der Waals surface area contributed by atoms with E-state index in [9.17, 15) is 9.59 Å². The van der Waals surface area contributed by atoms with Crippen LogP contribution in [0.4, 0.5) is 5.82 Å². The van der Waals surface area contributed by atoms with Crippen LogP contribution in [0.2, 0.25) is 0 Å². The van der Waals surface area contributed by atoms with E-state index < -0.39 is 0 Å². The number of rotatable bonds is 6. The molecule has 1 aromatic carbocycles. The largest absolute Gasteiger partial charge is 0.310 e. The van der Waals surface area contributed by atoms with Crippen molar-refractivity contribution in [2.45, 2.75) is 16.5 Å². The van der Waals surface area contributed by atoms with Crippen LogP contribution >= 0.6 is 34.9 Å². The molecule has 9 heteroatoms. The Morgan fingerprint density at radius 1 is 1.12 bits per heavy atom. The average Bonchev–Trinajstić information content (AvgIpc) is 3.51. The fourth-order valence-electron chi connectivity index (χ4n) is 3.36. The van der Waals surface area contributed by atoms with Crippen LogP contribution in [0.3, 0.4) is 0 Å². The zero-order valence-electron chi connectivity index (χ0n) is 16.9. The molecule has 0 bridgehead atoms. The summed E-state index contributed by atoms with van der Waals surface area (Å²) in [6, 6.07) is 17.2. The third-order valence-corrected chi connectivity index (χ3v) is 7.81. The predicted octanol–water partition coefficient (Wildman–Crippen LogP) is 4.74. The first-order chi connectivity index (χ1) is 15.7. The Kier molecular flexibility index (Phi) is 6.11. The molecule has 0 spiro atoms. The summed E-state index contributed by atoms with van der Waals surface area (Å²) in [6.45, 7) is 0. The summed E-state index contributed by atoms with van der Waals surface area (Å²) in [6.07, 6.45) is 2.52. The second-order valence-electron chi connectivity index (χ2n) is 6.99. The number of thioether (sulfide) groups is 2. The number of fused-ring (bicyclic) bond motifs is 1. The van der Waals surface area contributed by atoms with Crippen molar-refractivity contribution in [1.29, 1.82) is 0 Å². The molecule has 0 radical (unpaired) electrons. The standard InChI is InChI=1S/C23H18N4O2S3/c28-20(26-19-9-8-15(13-24-19)18-7-4-11-30-18)14-32-23-25-17-10-12-31-21(17)22(29)27(23)16-5-2-1-3-6-16/h1-9,11,13H,10,12,14H2,(H,24,26,28). The van der Waals surface area contributed by atoms with Crippen molar-refractivity contribution < 1.29 is 4.79 Å². The predicted molar refractivity (Wildman–Crippen MR) is 131 cm³/mol. The number of aryl methyl sites for hydroxylation is 1. The van der Waals surface area contributed by atoms with Gasteiger partial charge in [0.05, 0.1) is 22.0 Å². The molecule has 0 saturated heterocycles. The molecule has 4 aromatic rings. The van der Waals surface area contributed by atoms with E-state index in [1.54, 1.807) is 39.9 Å². The lowest BCUT2D eigenvalue weighted by molar-refractivity contribution is -0.113. The number of nitrogens with one attached hydrogen (secondary N) is 1. The number of carbonyl (C=O) groups excluding carboxylic acids is 1. The number of anilines is 1. The van der Waals surface area contributed by atoms with Gasteiger partial charge < -0.3 is 5.32 Å². The van der Waals surface area contributed by atoms with E-state index in [0.29, 0.717) is 15.9 Å². The Hall–Kier alpha value is -2.88. The van der Waals surface area contributed by atoms with E-state index in [4.69, 9.17) is 4.98 Å². The zero-order valence-corrected chi connectivity index (χ0v) is 19.3. The Balaban J connectivity index is 1.33. The van der Waals surface area contributed by atoms with Crippen molar-refractivity contribution in [3.05, 3.63) is 82.2 Å². The maximum atomic E-state index is 13.1. The lowest BCUT2D eigenvalue weighted by atomic mass is 10.2. The molecule has 4 heterocycles. The summed E-state index contributed by atoms with van der Waals surface area (Å²) in [7, 11) is 0. The molecule has 1 N–H and O–H groups in total. The van der Waals surface area contributed by atoms with Gasteiger partial charge in [-0.15, -0.1) is 23.1 Å². The molecule has 6 nitrogen and oxygen atoms in total. The van der Waals surface area contributed by atoms with Crippen LogP contribution < -0.4 is 10.9 Å². The first-order valence-electron chi connectivity index (χ1n) is 9.96. The van der Waals surface area contributed by atoms with Gasteiger partial charge in [-0.1, -0.05) is 36.0 Å². The summed E-state index contributed by atoms with van der Waals surface area (Å²) in [5.74, 6) is 1.28. The van der Waals surface area contributed by atoms with Crippen LogP contribution in [0.1, 0.15) is 5.69 Å². The van der Waals surface area contributed by atoms with Gasteiger partial charge in [-0.05, 0) is 35.7 Å². The van der Waals surface area contributed by atoms with Crippen LogP contribution in [0.15, 0.2) is 81.0 Å². The van der Waals surface area contributed by atoms with E-state index in [2.05, 4.69) is 10.3 Å². The monoisotopic (exact) mass is 478 g/mol. The van der Waals surface area contributed by atoms with E-state index in [1.807, 2.05) is 53.9 Å². The van der Waals surface area contributed by atoms with Crippen LogP contribution in [-0.4, -0.2) is 31.9 Å². The van der Waals surface area contributed by atoms with Gasteiger partial charge in [0.15, 0.2) is 5.16 Å². The number of carbonyl (C=O) groups is 1. The number of pyridine rings is 1. The highest BCUT2D eigenvalue weighted by molar-refractivity contribution is 8.00. The first-order valence-corrected chi connectivity index (χ1v) is 12.8. The molecule has 32 heavy (non-hydrogen) atoms. The quantitative estimate of drug-likeness (QED) is 0.319. The lowest BCUT2D eigenvalue weighted by Gasteiger charge is -2.13. The fourth-order valence-corrected chi connectivity index (χ4v) is 5.93. The minimum absolute atomic E-state index is 0.0718. The van der Waals surface area contributed by atoms with Crippen molar-refractivity contribution in [3.63, 3.8) is 0 Å². The van der Waals surface area contributed by atoms with E-state index in [-0.39, 0.29) is 17.2 Å². The van der Waals surface area contributed by atoms with Crippen molar-refractivity contribution >= 4 is 46.6 Å². The lowest BCUT2D eigenvalue weighted by Crippen LogP contribution is -2.24. The topological polar surface area (TPSA) is 76.9 Å². The number of aromatic nitrogens is 3. The van der Waals surface area contributed by atoms with Gasteiger partial charge in [-0.25, -0.2) is 9.97 Å². The number of nitrogens with zero attached hydrogens (tertiary/aromatic N) is 3. The minimum Gasteiger partial charge on any atom is -0.310 e. The first kappa shape index (κ1) is 21.0. The normalized spacial score (nSPS) is 12.5. The zero-order chi connectivity index (χ0) is 21.9. The Morgan fingerprint density at radius 3 is 2.75 bits per heavy atom. The number of hydrogen-bond donors (Lipinski definition) is 1.